The number of carbonyl (C=O) groups excluding carboxylic acids is 3. The van der Waals surface area contributed by atoms with E-state index in [9.17, 15) is 19.5 Å². The molecule has 3 amide bonds. The molecule has 0 radical (unpaired) electrons. The van der Waals surface area contributed by atoms with Crippen LogP contribution in [0, 0.1) is 11.8 Å². The lowest BCUT2D eigenvalue weighted by Gasteiger charge is -2.38. The second-order valence-corrected chi connectivity index (χ2v) is 12.3. The number of anilines is 1. The molecule has 0 aliphatic carbocycles. The standard InChI is InChI=1S/C31H42BrN3O6/c1-6-15-33(20(4)5)30(39)27-31-19-23(32)26(41-31)24(25(31)29(38)35(27)17-9-10-18-36)28(37)34(16-7-2)21-11-13-22(14-12-21)40-8-3/h6-7,11-14,20,23-27,36H,1-2,8-10,15-19H2,3-5H3/t23?,24-,25+,26-,27?,31?/m1/s1. The number of likely N-dealkylation sites (tertiary alicyclic amines) is 1. The van der Waals surface area contributed by atoms with E-state index in [0.29, 0.717) is 50.4 Å². The maximum absolute atomic E-state index is 14.4. The van der Waals surface area contributed by atoms with Crippen molar-refractivity contribution in [2.45, 2.75) is 68.6 Å². The number of hydrogen-bond donors (Lipinski definition) is 1. The number of nitrogens with zero attached hydrogens (tertiary/aromatic N) is 3. The first-order valence-corrected chi connectivity index (χ1v) is 15.4. The Morgan fingerprint density at radius 1 is 1.20 bits per heavy atom. The molecule has 10 heteroatoms. The summed E-state index contributed by atoms with van der Waals surface area (Å²) in [7, 11) is 0. The first-order chi connectivity index (χ1) is 19.7. The van der Waals surface area contributed by atoms with Crippen molar-refractivity contribution in [3.05, 3.63) is 49.6 Å². The van der Waals surface area contributed by atoms with Crippen molar-refractivity contribution in [2.75, 3.05) is 37.7 Å². The highest BCUT2D eigenvalue weighted by Crippen LogP contribution is 2.60. The highest BCUT2D eigenvalue weighted by molar-refractivity contribution is 9.09. The Bertz CT molecular complexity index is 1140. The minimum Gasteiger partial charge on any atom is -0.494 e. The summed E-state index contributed by atoms with van der Waals surface area (Å²) in [6, 6.07) is 6.27. The molecule has 3 aliphatic heterocycles. The Balaban J connectivity index is 1.75. The van der Waals surface area contributed by atoms with Crippen molar-refractivity contribution in [2.24, 2.45) is 11.8 Å². The fourth-order valence-corrected chi connectivity index (χ4v) is 7.64. The number of hydrogen-bond acceptors (Lipinski definition) is 6. The van der Waals surface area contributed by atoms with E-state index in [-0.39, 0.29) is 41.7 Å². The number of aliphatic hydroxyl groups is 1. The summed E-state index contributed by atoms with van der Waals surface area (Å²) in [4.78, 5) is 47.6. The minimum atomic E-state index is -1.14. The van der Waals surface area contributed by atoms with Crippen molar-refractivity contribution in [1.82, 2.24) is 9.80 Å². The average molecular weight is 633 g/mol. The van der Waals surface area contributed by atoms with E-state index in [1.807, 2.05) is 45.0 Å². The zero-order chi connectivity index (χ0) is 29.9. The zero-order valence-corrected chi connectivity index (χ0v) is 25.8. The summed E-state index contributed by atoms with van der Waals surface area (Å²) < 4.78 is 12.2. The van der Waals surface area contributed by atoms with Gasteiger partial charge in [0.2, 0.25) is 17.7 Å². The number of carbonyl (C=O) groups is 3. The topological polar surface area (TPSA) is 99.6 Å². The number of alkyl halides is 1. The third-order valence-electron chi connectivity index (χ3n) is 8.38. The van der Waals surface area contributed by atoms with Crippen molar-refractivity contribution in [1.29, 1.82) is 0 Å². The summed E-state index contributed by atoms with van der Waals surface area (Å²) in [6.45, 7) is 14.8. The van der Waals surface area contributed by atoms with Gasteiger partial charge in [-0.2, -0.15) is 0 Å². The van der Waals surface area contributed by atoms with E-state index in [4.69, 9.17) is 9.47 Å². The summed E-state index contributed by atoms with van der Waals surface area (Å²) in [5, 5.41) is 9.41. The van der Waals surface area contributed by atoms with Crippen LogP contribution < -0.4 is 9.64 Å². The molecule has 3 unspecified atom stereocenters. The molecule has 1 aromatic carbocycles. The Morgan fingerprint density at radius 2 is 1.88 bits per heavy atom. The van der Waals surface area contributed by atoms with Gasteiger partial charge in [-0.25, -0.2) is 0 Å². The predicted octanol–water partition coefficient (Wildman–Crippen LogP) is 3.55. The number of halogens is 1. The highest BCUT2D eigenvalue weighted by Gasteiger charge is 2.76. The Kier molecular flexibility index (Phi) is 9.97. The van der Waals surface area contributed by atoms with Gasteiger partial charge >= 0.3 is 0 Å². The van der Waals surface area contributed by atoms with Crippen molar-refractivity contribution in [3.8, 4) is 5.75 Å². The van der Waals surface area contributed by atoms with Gasteiger partial charge < -0.3 is 29.3 Å². The Morgan fingerprint density at radius 3 is 2.46 bits per heavy atom. The lowest BCUT2D eigenvalue weighted by molar-refractivity contribution is -0.149. The van der Waals surface area contributed by atoms with Crippen LogP contribution in [0.5, 0.6) is 5.75 Å². The second-order valence-electron chi connectivity index (χ2n) is 11.2. The van der Waals surface area contributed by atoms with E-state index in [2.05, 4.69) is 29.1 Å². The van der Waals surface area contributed by atoms with Gasteiger partial charge in [0.05, 0.1) is 24.5 Å². The van der Waals surface area contributed by atoms with Crippen LogP contribution in [0.15, 0.2) is 49.6 Å². The van der Waals surface area contributed by atoms with E-state index in [1.54, 1.807) is 26.9 Å². The minimum absolute atomic E-state index is 0.00838. The molecule has 1 N–H and O–H groups in total. The molecule has 41 heavy (non-hydrogen) atoms. The van der Waals surface area contributed by atoms with E-state index in [0.717, 1.165) is 0 Å². The van der Waals surface area contributed by atoms with Crippen LogP contribution in [0.4, 0.5) is 5.69 Å². The molecular weight excluding hydrogens is 590 g/mol. The lowest BCUT2D eigenvalue weighted by atomic mass is 9.70. The van der Waals surface area contributed by atoms with Gasteiger partial charge in [-0.3, -0.25) is 14.4 Å². The molecule has 1 aromatic rings. The number of aliphatic hydroxyl groups excluding tert-OH is 1. The SMILES string of the molecule is C=CCN(C(=O)[C@H]1[C@@H]2OC3(CC2Br)C(C(=O)N(CC=C)C(C)C)N(CCCCO)C(=O)[C@H]13)c1ccc(OCC)cc1. The van der Waals surface area contributed by atoms with Crippen LogP contribution in [0.3, 0.4) is 0 Å². The predicted molar refractivity (Wildman–Crippen MR) is 161 cm³/mol. The molecule has 3 fully saturated rings. The van der Waals surface area contributed by atoms with Crippen LogP contribution in [-0.2, 0) is 19.1 Å². The molecule has 1 spiro atoms. The van der Waals surface area contributed by atoms with Crippen molar-refractivity contribution >= 4 is 39.3 Å². The number of fused-ring (bicyclic) bond motifs is 1. The van der Waals surface area contributed by atoms with E-state index in [1.165, 1.54) is 0 Å². The largest absolute Gasteiger partial charge is 0.494 e. The third kappa shape index (κ3) is 5.58. The van der Waals surface area contributed by atoms with Gasteiger partial charge in [0.25, 0.3) is 0 Å². The molecule has 0 aromatic heterocycles. The third-order valence-corrected chi connectivity index (χ3v) is 9.23. The summed E-state index contributed by atoms with van der Waals surface area (Å²) in [5.41, 5.74) is -0.476. The van der Waals surface area contributed by atoms with Gasteiger partial charge in [-0.1, -0.05) is 28.1 Å². The molecule has 3 heterocycles. The zero-order valence-electron chi connectivity index (χ0n) is 24.2. The molecular formula is C31H42BrN3O6. The maximum atomic E-state index is 14.4. The van der Waals surface area contributed by atoms with Crippen molar-refractivity contribution in [3.63, 3.8) is 0 Å². The molecule has 224 valence electrons. The molecule has 3 aliphatic rings. The van der Waals surface area contributed by atoms with Crippen LogP contribution in [0.1, 0.15) is 40.0 Å². The highest BCUT2D eigenvalue weighted by atomic mass is 79.9. The molecule has 2 bridgehead atoms. The molecule has 4 rings (SSSR count). The van der Waals surface area contributed by atoms with Gasteiger partial charge in [0.15, 0.2) is 0 Å². The Hall–Kier alpha value is -2.69. The average Bonchev–Trinajstić information content (AvgIpc) is 3.54. The maximum Gasteiger partial charge on any atom is 0.248 e. The summed E-state index contributed by atoms with van der Waals surface area (Å²) >= 11 is 3.75. The summed E-state index contributed by atoms with van der Waals surface area (Å²) in [5.74, 6) is -1.57. The monoisotopic (exact) mass is 631 g/mol. The normalized spacial score (nSPS) is 28.1. The van der Waals surface area contributed by atoms with Crippen molar-refractivity contribution < 1.29 is 29.0 Å². The molecule has 9 nitrogen and oxygen atoms in total. The quantitative estimate of drug-likeness (QED) is 0.192. The first kappa shape index (κ1) is 31.3. The molecule has 0 saturated carbocycles. The number of rotatable bonds is 14. The molecule has 6 atom stereocenters. The van der Waals surface area contributed by atoms with Crippen LogP contribution in [0.2, 0.25) is 0 Å². The number of unbranched alkanes of at least 4 members (excludes halogenated alkanes) is 1. The van der Waals surface area contributed by atoms with Gasteiger partial charge in [0.1, 0.15) is 17.4 Å². The molecule has 3 saturated heterocycles. The van der Waals surface area contributed by atoms with Gasteiger partial charge in [0, 0.05) is 42.8 Å². The number of amides is 3. The number of ether oxygens (including phenoxy) is 2. The Labute approximate surface area is 251 Å². The van der Waals surface area contributed by atoms with Crippen LogP contribution >= 0.6 is 15.9 Å². The fourth-order valence-electron chi connectivity index (χ4n) is 6.70. The smallest absolute Gasteiger partial charge is 0.248 e. The second kappa shape index (κ2) is 13.1. The lowest BCUT2D eigenvalue weighted by Crippen LogP contribution is -2.58. The van der Waals surface area contributed by atoms with Gasteiger partial charge in [-0.05, 0) is 64.3 Å². The van der Waals surface area contributed by atoms with Crippen LogP contribution in [0.25, 0.3) is 0 Å². The van der Waals surface area contributed by atoms with E-state index < -0.39 is 29.6 Å². The van der Waals surface area contributed by atoms with E-state index >= 15 is 0 Å². The summed E-state index contributed by atoms with van der Waals surface area (Å²) in [6.07, 6.45) is 4.25. The number of benzene rings is 1. The first-order valence-electron chi connectivity index (χ1n) is 14.5. The fraction of sp³-hybridized carbons (Fsp3) is 0.581. The van der Waals surface area contributed by atoms with Gasteiger partial charge in [-0.15, -0.1) is 13.2 Å². The van der Waals surface area contributed by atoms with Crippen LogP contribution in [-0.4, -0.2) is 94.1 Å².